The van der Waals surface area contributed by atoms with Crippen LogP contribution in [0, 0.1) is 18.2 Å². The second-order valence-corrected chi connectivity index (χ2v) is 4.69. The Morgan fingerprint density at radius 2 is 2.30 bits per heavy atom. The number of rotatable bonds is 7. The van der Waals surface area contributed by atoms with Gasteiger partial charge < -0.3 is 15.4 Å². The summed E-state index contributed by atoms with van der Waals surface area (Å²) in [6, 6.07) is 5.32. The summed E-state index contributed by atoms with van der Waals surface area (Å²) < 4.78 is 18.9. The van der Waals surface area contributed by atoms with E-state index in [2.05, 4.69) is 16.6 Å². The van der Waals surface area contributed by atoms with Crippen molar-refractivity contribution in [2.75, 3.05) is 13.2 Å². The average Bonchev–Trinajstić information content (AvgIpc) is 3.26. The van der Waals surface area contributed by atoms with Crippen molar-refractivity contribution in [3.05, 3.63) is 29.6 Å². The predicted octanol–water partition coefficient (Wildman–Crippen LogP) is 1.21. The molecule has 0 saturated heterocycles. The van der Waals surface area contributed by atoms with Crippen molar-refractivity contribution >= 4 is 5.91 Å². The number of terminal acetylenes is 1. The first-order valence-electron chi connectivity index (χ1n) is 6.54. The van der Waals surface area contributed by atoms with E-state index in [-0.39, 0.29) is 24.8 Å². The average molecular weight is 276 g/mol. The van der Waals surface area contributed by atoms with Crippen LogP contribution in [0.15, 0.2) is 18.2 Å². The van der Waals surface area contributed by atoms with Gasteiger partial charge in [-0.25, -0.2) is 4.39 Å². The second kappa shape index (κ2) is 6.92. The largest absolute Gasteiger partial charge is 0.481 e. The fraction of sp³-hybridized carbons (Fsp3) is 0.400. The van der Waals surface area contributed by atoms with Gasteiger partial charge in [0, 0.05) is 12.6 Å². The van der Waals surface area contributed by atoms with Gasteiger partial charge in [-0.1, -0.05) is 12.0 Å². The van der Waals surface area contributed by atoms with Crippen LogP contribution in [0.3, 0.4) is 0 Å². The zero-order valence-electron chi connectivity index (χ0n) is 11.1. The van der Waals surface area contributed by atoms with E-state index in [4.69, 9.17) is 11.2 Å². The van der Waals surface area contributed by atoms with Crippen molar-refractivity contribution in [2.24, 2.45) is 0 Å². The van der Waals surface area contributed by atoms with Crippen LogP contribution < -0.4 is 15.4 Å². The first-order valence-corrected chi connectivity index (χ1v) is 6.54. The Balaban J connectivity index is 1.82. The second-order valence-electron chi connectivity index (χ2n) is 4.69. The molecule has 1 aromatic carbocycles. The van der Waals surface area contributed by atoms with Crippen molar-refractivity contribution in [2.45, 2.75) is 25.4 Å². The summed E-state index contributed by atoms with van der Waals surface area (Å²) in [6.45, 7) is 0.527. The van der Waals surface area contributed by atoms with Crippen LogP contribution in [0.5, 0.6) is 5.75 Å². The molecule has 4 nitrogen and oxygen atoms in total. The first-order chi connectivity index (χ1) is 9.69. The highest BCUT2D eigenvalue weighted by atomic mass is 19.1. The summed E-state index contributed by atoms with van der Waals surface area (Å²) in [4.78, 5) is 11.3. The van der Waals surface area contributed by atoms with Crippen LogP contribution in [-0.4, -0.2) is 25.1 Å². The minimum atomic E-state index is -0.468. The molecule has 0 spiro atoms. The topological polar surface area (TPSA) is 50.4 Å². The van der Waals surface area contributed by atoms with Crippen molar-refractivity contribution in [1.82, 2.24) is 10.6 Å². The summed E-state index contributed by atoms with van der Waals surface area (Å²) in [7, 11) is 0. The Morgan fingerprint density at radius 3 is 2.95 bits per heavy atom. The summed E-state index contributed by atoms with van der Waals surface area (Å²) in [5.41, 5.74) is 0.860. The Hall–Kier alpha value is -2.06. The summed E-state index contributed by atoms with van der Waals surface area (Å²) >= 11 is 0. The highest BCUT2D eigenvalue weighted by Crippen LogP contribution is 2.21. The van der Waals surface area contributed by atoms with Crippen LogP contribution in [0.2, 0.25) is 0 Å². The number of halogens is 1. The molecule has 0 heterocycles. The molecule has 1 aromatic rings. The third kappa shape index (κ3) is 4.56. The molecule has 1 fully saturated rings. The van der Waals surface area contributed by atoms with Crippen molar-refractivity contribution in [3.63, 3.8) is 0 Å². The molecule has 2 N–H and O–H groups in total. The van der Waals surface area contributed by atoms with Gasteiger partial charge in [0.2, 0.25) is 0 Å². The van der Waals surface area contributed by atoms with Gasteiger partial charge in [0.15, 0.2) is 18.2 Å². The summed E-state index contributed by atoms with van der Waals surface area (Å²) in [6.07, 6.45) is 7.39. The molecule has 5 heteroatoms. The number of nitrogens with one attached hydrogen (secondary N) is 2. The number of ether oxygens (including phenoxy) is 1. The highest BCUT2D eigenvalue weighted by Gasteiger charge is 2.20. The summed E-state index contributed by atoms with van der Waals surface area (Å²) in [5.74, 6) is 1.50. The van der Waals surface area contributed by atoms with Crippen molar-refractivity contribution < 1.29 is 13.9 Å². The highest BCUT2D eigenvalue weighted by molar-refractivity contribution is 5.77. The minimum absolute atomic E-state index is 0.0658. The van der Waals surface area contributed by atoms with Gasteiger partial charge in [-0.15, -0.1) is 6.42 Å². The molecule has 2 rings (SSSR count). The van der Waals surface area contributed by atoms with Crippen molar-refractivity contribution in [1.29, 1.82) is 0 Å². The molecular formula is C15H17FN2O2. The molecule has 0 aliphatic heterocycles. The molecule has 1 saturated carbocycles. The molecule has 20 heavy (non-hydrogen) atoms. The van der Waals surface area contributed by atoms with E-state index >= 15 is 0 Å². The lowest BCUT2D eigenvalue weighted by Gasteiger charge is -2.09. The van der Waals surface area contributed by atoms with Gasteiger partial charge in [-0.2, -0.15) is 0 Å². The van der Waals surface area contributed by atoms with Crippen LogP contribution in [-0.2, 0) is 11.3 Å². The summed E-state index contributed by atoms with van der Waals surface area (Å²) in [5, 5.41) is 5.74. The standard InChI is InChI=1S/C15H17FN2O2/c1-2-7-17-15(19)10-20-14-6-3-11(8-13(14)16)9-18-12-4-5-12/h1,3,6,8,12,18H,4-5,7,9-10H2,(H,17,19). The predicted molar refractivity (Wildman–Crippen MR) is 73.6 cm³/mol. The van der Waals surface area contributed by atoms with E-state index in [9.17, 15) is 9.18 Å². The molecule has 1 aliphatic rings. The van der Waals surface area contributed by atoms with Gasteiger partial charge in [0.05, 0.1) is 6.54 Å². The SMILES string of the molecule is C#CCNC(=O)COc1ccc(CNC2CC2)cc1F. The van der Waals surface area contributed by atoms with E-state index in [1.54, 1.807) is 6.07 Å². The molecule has 1 amide bonds. The van der Waals surface area contributed by atoms with Crippen molar-refractivity contribution in [3.8, 4) is 18.1 Å². The number of carbonyl (C=O) groups excluding carboxylic acids is 1. The van der Waals surface area contributed by atoms with E-state index in [1.807, 2.05) is 0 Å². The van der Waals surface area contributed by atoms with Gasteiger partial charge in [-0.3, -0.25) is 4.79 Å². The molecule has 0 atom stereocenters. The maximum absolute atomic E-state index is 13.8. The van der Waals surface area contributed by atoms with E-state index in [1.165, 1.54) is 25.0 Å². The molecule has 106 valence electrons. The maximum atomic E-state index is 13.8. The lowest BCUT2D eigenvalue weighted by molar-refractivity contribution is -0.122. The minimum Gasteiger partial charge on any atom is -0.481 e. The molecule has 0 unspecified atom stereocenters. The molecule has 0 radical (unpaired) electrons. The third-order valence-electron chi connectivity index (χ3n) is 2.91. The lowest BCUT2D eigenvalue weighted by atomic mass is 10.2. The van der Waals surface area contributed by atoms with Gasteiger partial charge >= 0.3 is 0 Å². The van der Waals surface area contributed by atoms with Crippen LogP contribution in [0.25, 0.3) is 0 Å². The van der Waals surface area contributed by atoms with Gasteiger partial charge in [0.25, 0.3) is 5.91 Å². The molecule has 0 aromatic heterocycles. The van der Waals surface area contributed by atoms with Crippen LogP contribution >= 0.6 is 0 Å². The van der Waals surface area contributed by atoms with Gasteiger partial charge in [0.1, 0.15) is 0 Å². The van der Waals surface area contributed by atoms with E-state index in [0.29, 0.717) is 12.6 Å². The van der Waals surface area contributed by atoms with Gasteiger partial charge in [-0.05, 0) is 30.5 Å². The Morgan fingerprint density at radius 1 is 1.50 bits per heavy atom. The maximum Gasteiger partial charge on any atom is 0.258 e. The van der Waals surface area contributed by atoms with E-state index in [0.717, 1.165) is 5.56 Å². The Labute approximate surface area is 117 Å². The normalized spacial score (nSPS) is 13.6. The van der Waals surface area contributed by atoms with Crippen LogP contribution in [0.1, 0.15) is 18.4 Å². The fourth-order valence-corrected chi connectivity index (χ4v) is 1.66. The number of hydrogen-bond acceptors (Lipinski definition) is 3. The van der Waals surface area contributed by atoms with E-state index < -0.39 is 5.82 Å². The number of amides is 1. The number of carbonyl (C=O) groups is 1. The lowest BCUT2D eigenvalue weighted by Crippen LogP contribution is -2.29. The molecular weight excluding hydrogens is 259 g/mol. The zero-order valence-corrected chi connectivity index (χ0v) is 11.1. The molecule has 1 aliphatic carbocycles. The third-order valence-corrected chi connectivity index (χ3v) is 2.91. The molecule has 0 bridgehead atoms. The zero-order chi connectivity index (χ0) is 14.4. The Kier molecular flexibility index (Phi) is 4.97. The Bertz CT molecular complexity index is 521. The smallest absolute Gasteiger partial charge is 0.258 e. The number of hydrogen-bond donors (Lipinski definition) is 2. The number of benzene rings is 1. The van der Waals surface area contributed by atoms with Crippen LogP contribution in [0.4, 0.5) is 4.39 Å². The monoisotopic (exact) mass is 276 g/mol. The first kappa shape index (κ1) is 14.4. The fourth-order valence-electron chi connectivity index (χ4n) is 1.66. The quantitative estimate of drug-likeness (QED) is 0.736.